The van der Waals surface area contributed by atoms with Gasteiger partial charge >= 0.3 is 0 Å². The van der Waals surface area contributed by atoms with Gasteiger partial charge in [-0.2, -0.15) is 4.99 Å². The van der Waals surface area contributed by atoms with Crippen LogP contribution in [0.1, 0.15) is 30.4 Å². The van der Waals surface area contributed by atoms with Gasteiger partial charge in [0.05, 0.1) is 12.0 Å². The number of benzene rings is 1. The van der Waals surface area contributed by atoms with E-state index in [1.54, 1.807) is 24.0 Å². The Labute approximate surface area is 195 Å². The molecule has 0 spiro atoms. The minimum atomic E-state index is -2.97. The van der Waals surface area contributed by atoms with Crippen molar-refractivity contribution >= 4 is 17.6 Å². The quantitative estimate of drug-likeness (QED) is 0.441. The number of rotatable bonds is 6. The molecule has 1 aromatic heterocycles. The summed E-state index contributed by atoms with van der Waals surface area (Å²) in [5.41, 5.74) is 6.59. The Kier molecular flexibility index (Phi) is 7.72. The summed E-state index contributed by atoms with van der Waals surface area (Å²) in [6.07, 6.45) is 3.41. The van der Waals surface area contributed by atoms with E-state index in [0.717, 1.165) is 5.56 Å². The third kappa shape index (κ3) is 6.22. The van der Waals surface area contributed by atoms with E-state index in [0.29, 0.717) is 11.3 Å². The maximum Gasteiger partial charge on any atom is 0.264 e. The molecule has 0 unspecified atom stereocenters. The first-order valence-electron chi connectivity index (χ1n) is 10.8. The molecule has 1 aliphatic rings. The Bertz CT molecular complexity index is 1150. The lowest BCUT2D eigenvalue weighted by atomic mass is 9.87. The molecule has 2 aromatic rings. The van der Waals surface area contributed by atoms with E-state index in [4.69, 9.17) is 15.9 Å². The molecule has 0 saturated carbocycles. The summed E-state index contributed by atoms with van der Waals surface area (Å²) in [5, 5.41) is 7.89. The molecule has 10 heteroatoms. The fourth-order valence-electron chi connectivity index (χ4n) is 3.67. The number of hydrogen-bond donors (Lipinski definition) is 3. The van der Waals surface area contributed by atoms with Crippen LogP contribution in [0.5, 0.6) is 5.75 Å². The normalized spacial score (nSPS) is 19.6. The van der Waals surface area contributed by atoms with Crippen LogP contribution >= 0.6 is 0 Å². The molecular formula is C24H27F2N5O3. The predicted molar refractivity (Wildman–Crippen MR) is 126 cm³/mol. The van der Waals surface area contributed by atoms with Gasteiger partial charge < -0.3 is 15.5 Å². The molecule has 0 aliphatic carbocycles. The fraction of sp³-hybridized carbons (Fsp3) is 0.333. The van der Waals surface area contributed by atoms with Crippen molar-refractivity contribution in [2.45, 2.75) is 38.2 Å². The Balaban J connectivity index is 1.63. The Morgan fingerprint density at radius 1 is 1.32 bits per heavy atom. The minimum absolute atomic E-state index is 0.0138. The van der Waals surface area contributed by atoms with Crippen LogP contribution in [-0.4, -0.2) is 52.6 Å². The highest BCUT2D eigenvalue weighted by molar-refractivity contribution is 6.04. The summed E-state index contributed by atoms with van der Waals surface area (Å²) in [6.45, 7) is 3.37. The SMILES string of the molecule is Cc1ccccc1OC(=N)/C=C\C(N)=NC(=O)[C@H](C)N1CCC(F)(F)[C@@H](c2ccc(=O)[nH]c2)C1. The number of para-hydroxylation sites is 1. The van der Waals surface area contributed by atoms with E-state index in [1.165, 1.54) is 30.5 Å². The molecule has 0 bridgehead atoms. The molecule has 1 aromatic carbocycles. The molecule has 1 aliphatic heterocycles. The summed E-state index contributed by atoms with van der Waals surface area (Å²) in [4.78, 5) is 31.8. The highest BCUT2D eigenvalue weighted by Crippen LogP contribution is 2.40. The molecule has 2 atom stereocenters. The Hall–Kier alpha value is -3.66. The molecule has 4 N–H and O–H groups in total. The number of hydrogen-bond acceptors (Lipinski definition) is 5. The molecule has 1 amide bonds. The topological polar surface area (TPSA) is 125 Å². The zero-order chi connectivity index (χ0) is 24.9. The van der Waals surface area contributed by atoms with Crippen LogP contribution < -0.4 is 16.0 Å². The van der Waals surface area contributed by atoms with Crippen LogP contribution in [0, 0.1) is 12.3 Å². The predicted octanol–water partition coefficient (Wildman–Crippen LogP) is 2.99. The number of amides is 1. The van der Waals surface area contributed by atoms with Gasteiger partial charge in [0.1, 0.15) is 11.6 Å². The lowest BCUT2D eigenvalue weighted by Crippen LogP contribution is -2.51. The number of ether oxygens (including phenoxy) is 1. The number of pyridine rings is 1. The average molecular weight is 472 g/mol. The zero-order valence-corrected chi connectivity index (χ0v) is 18.9. The van der Waals surface area contributed by atoms with Gasteiger partial charge in [-0.1, -0.05) is 24.3 Å². The van der Waals surface area contributed by atoms with Gasteiger partial charge in [-0.15, -0.1) is 0 Å². The number of halogens is 2. The van der Waals surface area contributed by atoms with Crippen molar-refractivity contribution in [3.8, 4) is 5.75 Å². The number of piperidine rings is 1. The van der Waals surface area contributed by atoms with Crippen LogP contribution in [0.2, 0.25) is 0 Å². The van der Waals surface area contributed by atoms with E-state index in [9.17, 15) is 18.4 Å². The second kappa shape index (κ2) is 10.5. The average Bonchev–Trinajstić information content (AvgIpc) is 2.79. The van der Waals surface area contributed by atoms with Crippen molar-refractivity contribution in [3.05, 3.63) is 76.2 Å². The van der Waals surface area contributed by atoms with E-state index < -0.39 is 30.2 Å². The van der Waals surface area contributed by atoms with Gasteiger partial charge in [0.25, 0.3) is 11.8 Å². The standard InChI is InChI=1S/C24H27F2N5O3/c1-15-5-3-4-6-19(15)34-21(28)9-8-20(27)30-23(33)16(2)31-12-11-24(25,26)18(14-31)17-7-10-22(32)29-13-17/h3-10,13,16,18,28H,11-12,14H2,1-2H3,(H,29,32)(H2,27,30,33)/b9-8-,28-21?/t16-,18+/m0/s1. The Morgan fingerprint density at radius 3 is 2.74 bits per heavy atom. The van der Waals surface area contributed by atoms with Crippen molar-refractivity contribution in [2.24, 2.45) is 10.7 Å². The number of aliphatic imine (C=N–C) groups is 1. The highest BCUT2D eigenvalue weighted by atomic mass is 19.3. The van der Waals surface area contributed by atoms with E-state index in [-0.39, 0.29) is 30.4 Å². The molecule has 3 rings (SSSR count). The van der Waals surface area contributed by atoms with Crippen molar-refractivity contribution in [3.63, 3.8) is 0 Å². The van der Waals surface area contributed by atoms with Crippen molar-refractivity contribution in [1.29, 1.82) is 5.41 Å². The lowest BCUT2D eigenvalue weighted by Gasteiger charge is -2.40. The lowest BCUT2D eigenvalue weighted by molar-refractivity contribution is -0.127. The number of nitrogens with one attached hydrogen (secondary N) is 2. The number of carbonyl (C=O) groups is 1. The van der Waals surface area contributed by atoms with Gasteiger partial charge in [-0.25, -0.2) is 8.78 Å². The second-order valence-corrected chi connectivity index (χ2v) is 8.16. The largest absolute Gasteiger partial charge is 0.439 e. The van der Waals surface area contributed by atoms with Gasteiger partial charge in [-0.05, 0) is 37.1 Å². The molecule has 8 nitrogen and oxygen atoms in total. The molecule has 1 fully saturated rings. The number of aromatic nitrogens is 1. The number of aryl methyl sites for hydroxylation is 1. The van der Waals surface area contributed by atoms with Crippen molar-refractivity contribution in [2.75, 3.05) is 13.1 Å². The molecule has 180 valence electrons. The van der Waals surface area contributed by atoms with Gasteiger partial charge in [0, 0.05) is 37.8 Å². The molecule has 2 heterocycles. The van der Waals surface area contributed by atoms with Crippen LogP contribution in [-0.2, 0) is 4.79 Å². The minimum Gasteiger partial charge on any atom is -0.439 e. The van der Waals surface area contributed by atoms with Crippen LogP contribution in [0.4, 0.5) is 8.78 Å². The second-order valence-electron chi connectivity index (χ2n) is 8.16. The first-order chi connectivity index (χ1) is 16.1. The number of alkyl halides is 2. The van der Waals surface area contributed by atoms with E-state index >= 15 is 0 Å². The van der Waals surface area contributed by atoms with Gasteiger partial charge in [0.15, 0.2) is 0 Å². The van der Waals surface area contributed by atoms with Gasteiger partial charge in [0.2, 0.25) is 11.5 Å². The highest BCUT2D eigenvalue weighted by Gasteiger charge is 2.46. The summed E-state index contributed by atoms with van der Waals surface area (Å²) >= 11 is 0. The van der Waals surface area contributed by atoms with Crippen molar-refractivity contribution in [1.82, 2.24) is 9.88 Å². The summed E-state index contributed by atoms with van der Waals surface area (Å²) in [6, 6.07) is 9.01. The number of carbonyl (C=O) groups excluding carboxylic acids is 1. The molecule has 34 heavy (non-hydrogen) atoms. The summed E-state index contributed by atoms with van der Waals surface area (Å²) in [7, 11) is 0. The van der Waals surface area contributed by atoms with Crippen LogP contribution in [0.15, 0.2) is 64.5 Å². The number of likely N-dealkylation sites (tertiary alicyclic amines) is 1. The fourth-order valence-corrected chi connectivity index (χ4v) is 3.67. The van der Waals surface area contributed by atoms with E-state index in [2.05, 4.69) is 9.98 Å². The van der Waals surface area contributed by atoms with E-state index in [1.807, 2.05) is 19.1 Å². The number of nitrogens with zero attached hydrogens (tertiary/aromatic N) is 2. The first kappa shape index (κ1) is 25.0. The zero-order valence-electron chi connectivity index (χ0n) is 18.9. The number of H-pyrrole nitrogens is 1. The monoisotopic (exact) mass is 471 g/mol. The number of nitrogens with two attached hydrogens (primary N) is 1. The maximum atomic E-state index is 14.6. The summed E-state index contributed by atoms with van der Waals surface area (Å²) in [5.74, 6) is -4.52. The Morgan fingerprint density at radius 2 is 2.06 bits per heavy atom. The smallest absolute Gasteiger partial charge is 0.264 e. The molecule has 1 saturated heterocycles. The summed E-state index contributed by atoms with van der Waals surface area (Å²) < 4.78 is 34.6. The van der Waals surface area contributed by atoms with Crippen molar-refractivity contribution < 1.29 is 18.3 Å². The number of aromatic amines is 1. The third-order valence-corrected chi connectivity index (χ3v) is 5.73. The third-order valence-electron chi connectivity index (χ3n) is 5.73. The maximum absolute atomic E-state index is 14.6. The van der Waals surface area contributed by atoms with Crippen LogP contribution in [0.25, 0.3) is 0 Å². The molecular weight excluding hydrogens is 444 g/mol. The number of amidine groups is 1. The van der Waals surface area contributed by atoms with Gasteiger partial charge in [-0.3, -0.25) is 19.9 Å². The molecule has 0 radical (unpaired) electrons. The van der Waals surface area contributed by atoms with Crippen LogP contribution in [0.3, 0.4) is 0 Å². The first-order valence-corrected chi connectivity index (χ1v) is 10.8.